The van der Waals surface area contributed by atoms with Gasteiger partial charge in [-0.25, -0.2) is 13.1 Å². The van der Waals surface area contributed by atoms with Gasteiger partial charge in [-0.05, 0) is 26.2 Å². The first-order chi connectivity index (χ1) is 6.02. The highest BCUT2D eigenvalue weighted by Gasteiger charge is 2.20. The maximum Gasteiger partial charge on any atom is 0.213 e. The van der Waals surface area contributed by atoms with Crippen LogP contribution in [0.1, 0.15) is 20.3 Å². The second kappa shape index (κ2) is 4.39. The Kier molecular flexibility index (Phi) is 3.70. The number of hydrogen-bond acceptors (Lipinski definition) is 3. The molecule has 0 amide bonds. The van der Waals surface area contributed by atoms with Crippen molar-refractivity contribution in [3.05, 3.63) is 0 Å². The Labute approximate surface area is 79.7 Å². The first-order valence-corrected chi connectivity index (χ1v) is 6.13. The molecule has 1 fully saturated rings. The molecule has 0 aromatic carbocycles. The zero-order valence-corrected chi connectivity index (χ0v) is 8.93. The first-order valence-electron chi connectivity index (χ1n) is 4.58. The fourth-order valence-electron chi connectivity index (χ4n) is 1.14. The van der Waals surface area contributed by atoms with Gasteiger partial charge in [0.1, 0.15) is 0 Å². The Bertz CT molecular complexity index is 242. The molecule has 1 saturated heterocycles. The van der Waals surface area contributed by atoms with Gasteiger partial charge in [0.2, 0.25) is 10.0 Å². The fraction of sp³-hybridized carbons (Fsp3) is 1.00. The summed E-state index contributed by atoms with van der Waals surface area (Å²) >= 11 is 0. The molecule has 0 spiro atoms. The van der Waals surface area contributed by atoms with Crippen LogP contribution in [0.15, 0.2) is 0 Å². The molecule has 0 radical (unpaired) electrons. The average molecular weight is 207 g/mol. The summed E-state index contributed by atoms with van der Waals surface area (Å²) in [5, 5.41) is -0.352. The van der Waals surface area contributed by atoms with Crippen molar-refractivity contribution in [2.24, 2.45) is 5.92 Å². The molecule has 0 bridgehead atoms. The van der Waals surface area contributed by atoms with Crippen molar-refractivity contribution in [1.29, 1.82) is 0 Å². The Hall–Kier alpha value is -0.130. The summed E-state index contributed by atoms with van der Waals surface area (Å²) in [4.78, 5) is 0. The summed E-state index contributed by atoms with van der Waals surface area (Å²) < 4.78 is 30.4. The highest BCUT2D eigenvalue weighted by atomic mass is 32.2. The van der Waals surface area contributed by atoms with Gasteiger partial charge in [-0.3, -0.25) is 0 Å². The summed E-state index contributed by atoms with van der Waals surface area (Å²) in [5.74, 6) is 0.355. The summed E-state index contributed by atoms with van der Waals surface area (Å²) in [5.41, 5.74) is 0. The van der Waals surface area contributed by atoms with E-state index in [1.807, 2.05) is 0 Å². The lowest BCUT2D eigenvalue weighted by atomic mass is 10.1. The van der Waals surface area contributed by atoms with Crippen LogP contribution in [0.4, 0.5) is 0 Å². The Balaban J connectivity index is 2.33. The third-order valence-corrected chi connectivity index (χ3v) is 4.03. The lowest BCUT2D eigenvalue weighted by Gasteiger charge is -2.12. The predicted molar refractivity (Wildman–Crippen MR) is 51.0 cm³/mol. The van der Waals surface area contributed by atoms with E-state index in [-0.39, 0.29) is 5.25 Å². The van der Waals surface area contributed by atoms with E-state index in [2.05, 4.69) is 4.72 Å². The number of rotatable bonds is 4. The largest absolute Gasteiger partial charge is 0.381 e. The standard InChI is InChI=1S/C8H17NO3S/c1-7(2)13(10,11)9-5-8-3-4-12-6-8/h7-9H,3-6H2,1-2H3. The normalized spacial score (nSPS) is 24.1. The molecule has 5 heteroatoms. The maximum atomic E-state index is 11.3. The lowest BCUT2D eigenvalue weighted by Crippen LogP contribution is -2.34. The number of sulfonamides is 1. The minimum absolute atomic E-state index is 0.352. The number of nitrogens with one attached hydrogen (secondary N) is 1. The lowest BCUT2D eigenvalue weighted by molar-refractivity contribution is 0.186. The third kappa shape index (κ3) is 3.25. The van der Waals surface area contributed by atoms with Crippen LogP contribution in [0.25, 0.3) is 0 Å². The van der Waals surface area contributed by atoms with Crippen LogP contribution in [-0.4, -0.2) is 33.4 Å². The van der Waals surface area contributed by atoms with Gasteiger partial charge in [0.25, 0.3) is 0 Å². The van der Waals surface area contributed by atoms with Crippen molar-refractivity contribution in [3.63, 3.8) is 0 Å². The molecule has 1 atom stereocenters. The molecular weight excluding hydrogens is 190 g/mol. The monoisotopic (exact) mass is 207 g/mol. The summed E-state index contributed by atoms with van der Waals surface area (Å²) in [6.07, 6.45) is 0.959. The van der Waals surface area contributed by atoms with Crippen LogP contribution >= 0.6 is 0 Å². The summed E-state index contributed by atoms with van der Waals surface area (Å²) in [7, 11) is -3.09. The summed E-state index contributed by atoms with van der Waals surface area (Å²) in [6, 6.07) is 0. The Morgan fingerprint density at radius 2 is 2.23 bits per heavy atom. The van der Waals surface area contributed by atoms with Crippen LogP contribution in [-0.2, 0) is 14.8 Å². The zero-order valence-electron chi connectivity index (χ0n) is 8.12. The highest BCUT2D eigenvalue weighted by Crippen LogP contribution is 2.11. The third-order valence-electron chi connectivity index (χ3n) is 2.22. The molecule has 1 rings (SSSR count). The topological polar surface area (TPSA) is 55.4 Å². The average Bonchev–Trinajstić information content (AvgIpc) is 2.52. The molecule has 1 aliphatic rings. The molecule has 13 heavy (non-hydrogen) atoms. The molecular formula is C8H17NO3S. The fourth-order valence-corrected chi connectivity index (χ4v) is 1.95. The second-order valence-electron chi connectivity index (χ2n) is 3.67. The summed E-state index contributed by atoms with van der Waals surface area (Å²) in [6.45, 7) is 5.30. The second-order valence-corrected chi connectivity index (χ2v) is 5.99. The van der Waals surface area contributed by atoms with Crippen LogP contribution < -0.4 is 4.72 Å². The van der Waals surface area contributed by atoms with Gasteiger partial charge in [0.05, 0.1) is 11.9 Å². The zero-order chi connectivity index (χ0) is 9.90. The van der Waals surface area contributed by atoms with E-state index in [0.29, 0.717) is 19.1 Å². The van der Waals surface area contributed by atoms with Crippen molar-refractivity contribution in [2.45, 2.75) is 25.5 Å². The van der Waals surface area contributed by atoms with Crippen LogP contribution in [0, 0.1) is 5.92 Å². The molecule has 1 aliphatic heterocycles. The van der Waals surface area contributed by atoms with Crippen LogP contribution in [0.5, 0.6) is 0 Å². The van der Waals surface area contributed by atoms with E-state index in [1.165, 1.54) is 0 Å². The van der Waals surface area contributed by atoms with E-state index in [4.69, 9.17) is 4.74 Å². The Morgan fingerprint density at radius 1 is 1.54 bits per heavy atom. The van der Waals surface area contributed by atoms with Gasteiger partial charge in [-0.15, -0.1) is 0 Å². The van der Waals surface area contributed by atoms with Gasteiger partial charge >= 0.3 is 0 Å². The molecule has 1 N–H and O–H groups in total. The van der Waals surface area contributed by atoms with E-state index in [0.717, 1.165) is 13.0 Å². The van der Waals surface area contributed by atoms with Crippen molar-refractivity contribution < 1.29 is 13.2 Å². The van der Waals surface area contributed by atoms with E-state index in [9.17, 15) is 8.42 Å². The first kappa shape index (κ1) is 10.9. The number of hydrogen-bond donors (Lipinski definition) is 1. The van der Waals surface area contributed by atoms with Crippen LogP contribution in [0.2, 0.25) is 0 Å². The Morgan fingerprint density at radius 3 is 2.69 bits per heavy atom. The quantitative estimate of drug-likeness (QED) is 0.723. The maximum absolute atomic E-state index is 11.3. The SMILES string of the molecule is CC(C)S(=O)(=O)NCC1CCOC1. The molecule has 4 nitrogen and oxygen atoms in total. The molecule has 1 heterocycles. The molecule has 0 aromatic rings. The van der Waals surface area contributed by atoms with Crippen molar-refractivity contribution >= 4 is 10.0 Å². The molecule has 0 saturated carbocycles. The smallest absolute Gasteiger partial charge is 0.213 e. The minimum Gasteiger partial charge on any atom is -0.381 e. The molecule has 78 valence electrons. The van der Waals surface area contributed by atoms with Crippen molar-refractivity contribution in [3.8, 4) is 0 Å². The van der Waals surface area contributed by atoms with E-state index >= 15 is 0 Å². The molecule has 0 aromatic heterocycles. The predicted octanol–water partition coefficient (Wildman–Crippen LogP) is 0.351. The van der Waals surface area contributed by atoms with Crippen LogP contribution in [0.3, 0.4) is 0 Å². The van der Waals surface area contributed by atoms with Crippen molar-refractivity contribution in [2.75, 3.05) is 19.8 Å². The van der Waals surface area contributed by atoms with Gasteiger partial charge in [0, 0.05) is 13.2 Å². The molecule has 0 aliphatic carbocycles. The number of ether oxygens (including phenoxy) is 1. The van der Waals surface area contributed by atoms with E-state index < -0.39 is 10.0 Å². The minimum atomic E-state index is -3.09. The van der Waals surface area contributed by atoms with E-state index in [1.54, 1.807) is 13.8 Å². The van der Waals surface area contributed by atoms with Gasteiger partial charge in [0.15, 0.2) is 0 Å². The van der Waals surface area contributed by atoms with Gasteiger partial charge in [-0.2, -0.15) is 0 Å². The van der Waals surface area contributed by atoms with Crippen molar-refractivity contribution in [1.82, 2.24) is 4.72 Å². The molecule has 1 unspecified atom stereocenters. The van der Waals surface area contributed by atoms with Gasteiger partial charge < -0.3 is 4.74 Å². The van der Waals surface area contributed by atoms with Gasteiger partial charge in [-0.1, -0.05) is 0 Å². The highest BCUT2D eigenvalue weighted by molar-refractivity contribution is 7.90.